The molecular formula is C20H18FN5O2. The van der Waals surface area contributed by atoms with Gasteiger partial charge in [-0.2, -0.15) is 15.2 Å². The van der Waals surface area contributed by atoms with Gasteiger partial charge in [-0.05, 0) is 37.1 Å². The molecule has 1 amide bonds. The average Bonchev–Trinajstić information content (AvgIpc) is 3.27. The lowest BCUT2D eigenvalue weighted by Crippen LogP contribution is -2.29. The normalized spacial score (nSPS) is 13.9. The molecule has 0 radical (unpaired) electrons. The number of hydrogen-bond acceptors (Lipinski definition) is 5. The van der Waals surface area contributed by atoms with Gasteiger partial charge in [0.25, 0.3) is 0 Å². The molecule has 1 aliphatic heterocycles. The van der Waals surface area contributed by atoms with E-state index in [9.17, 15) is 14.4 Å². The number of aromatic nitrogens is 3. The number of likely N-dealkylation sites (tertiary alicyclic amines) is 1. The average molecular weight is 379 g/mol. The number of nitrogens with one attached hydrogen (secondary N) is 1. The molecule has 0 atom stereocenters. The van der Waals surface area contributed by atoms with E-state index < -0.39 is 0 Å². The van der Waals surface area contributed by atoms with Crippen molar-refractivity contribution in [1.29, 1.82) is 5.26 Å². The Kier molecular flexibility index (Phi) is 4.65. The molecule has 8 heteroatoms. The number of rotatable bonds is 5. The van der Waals surface area contributed by atoms with E-state index in [1.165, 1.54) is 12.1 Å². The summed E-state index contributed by atoms with van der Waals surface area (Å²) < 4.78 is 19.2. The topological polar surface area (TPSA) is 94.9 Å². The smallest absolute Gasteiger partial charge is 0.319 e. The van der Waals surface area contributed by atoms with E-state index in [0.717, 1.165) is 13.0 Å². The molecule has 7 nitrogen and oxygen atoms in total. The number of nitrogens with zero attached hydrogens (tertiary/aromatic N) is 4. The zero-order valence-electron chi connectivity index (χ0n) is 15.3. The molecule has 1 N–H and O–H groups in total. The summed E-state index contributed by atoms with van der Waals surface area (Å²) in [5, 5.41) is 9.98. The van der Waals surface area contributed by atoms with Gasteiger partial charge in [-0.25, -0.2) is 4.39 Å². The summed E-state index contributed by atoms with van der Waals surface area (Å²) in [6.45, 7) is 3.26. The molecule has 0 saturated carbocycles. The van der Waals surface area contributed by atoms with Crippen LogP contribution >= 0.6 is 0 Å². The summed E-state index contributed by atoms with van der Waals surface area (Å²) in [4.78, 5) is 25.3. The first-order valence-electron chi connectivity index (χ1n) is 9.03. The second kappa shape index (κ2) is 7.27. The lowest BCUT2D eigenvalue weighted by atomic mass is 10.0. The summed E-state index contributed by atoms with van der Waals surface area (Å²) in [6, 6.07) is 6.67. The van der Waals surface area contributed by atoms with E-state index in [1.54, 1.807) is 24.1 Å². The number of amides is 1. The Bertz CT molecular complexity index is 1100. The van der Waals surface area contributed by atoms with Crippen LogP contribution in [-0.4, -0.2) is 45.5 Å². The van der Waals surface area contributed by atoms with Crippen molar-refractivity contribution in [3.05, 3.63) is 41.3 Å². The van der Waals surface area contributed by atoms with E-state index in [-0.39, 0.29) is 24.3 Å². The number of aryl methyl sites for hydroxylation is 1. The number of halogens is 1. The quantitative estimate of drug-likeness (QED) is 0.735. The molecule has 2 aromatic heterocycles. The van der Waals surface area contributed by atoms with Gasteiger partial charge in [0.15, 0.2) is 0 Å². The number of hydrogen-bond donors (Lipinski definition) is 1. The van der Waals surface area contributed by atoms with Gasteiger partial charge in [0.05, 0.1) is 23.2 Å². The highest BCUT2D eigenvalue weighted by Gasteiger charge is 2.21. The van der Waals surface area contributed by atoms with Crippen LogP contribution in [0, 0.1) is 24.1 Å². The maximum absolute atomic E-state index is 13.5. The third-order valence-electron chi connectivity index (χ3n) is 4.84. The molecule has 1 aliphatic rings. The molecule has 0 aliphatic carbocycles. The first-order chi connectivity index (χ1) is 13.6. The molecule has 1 saturated heterocycles. The Balaban J connectivity index is 1.69. The molecule has 3 heterocycles. The monoisotopic (exact) mass is 379 g/mol. The number of aromatic amines is 1. The van der Waals surface area contributed by atoms with E-state index >= 15 is 0 Å². The molecule has 4 rings (SSSR count). The molecule has 1 fully saturated rings. The predicted molar refractivity (Wildman–Crippen MR) is 100 cm³/mol. The van der Waals surface area contributed by atoms with Crippen LogP contribution in [0.15, 0.2) is 24.4 Å². The van der Waals surface area contributed by atoms with E-state index in [1.807, 2.05) is 0 Å². The number of fused-ring (bicyclic) bond motifs is 1. The standard InChI is InChI=1S/C20H18FN5O2/c1-12-9-14(21)4-5-15(12)18-17-13(10-22)11-23-19(17)25-20(24-18)28-8-7-26-6-2-3-16(26)27/h4-5,9,11H,2-3,6-8H2,1H3,(H,23,24,25). The number of benzene rings is 1. The van der Waals surface area contributed by atoms with Gasteiger partial charge in [-0.3, -0.25) is 4.79 Å². The third-order valence-corrected chi connectivity index (χ3v) is 4.84. The Morgan fingerprint density at radius 2 is 2.25 bits per heavy atom. The van der Waals surface area contributed by atoms with Crippen LogP contribution in [0.25, 0.3) is 22.3 Å². The minimum Gasteiger partial charge on any atom is -0.462 e. The SMILES string of the molecule is Cc1cc(F)ccc1-c1nc(OCCN2CCCC2=O)nc2[nH]cc(C#N)c12. The molecule has 0 bridgehead atoms. The van der Waals surface area contributed by atoms with Gasteiger partial charge in [-0.15, -0.1) is 0 Å². The van der Waals surface area contributed by atoms with Gasteiger partial charge in [-0.1, -0.05) is 0 Å². The zero-order chi connectivity index (χ0) is 19.7. The Labute approximate surface area is 160 Å². The van der Waals surface area contributed by atoms with Crippen LogP contribution < -0.4 is 4.74 Å². The number of nitriles is 1. The van der Waals surface area contributed by atoms with Crippen molar-refractivity contribution < 1.29 is 13.9 Å². The molecular weight excluding hydrogens is 361 g/mol. The molecule has 28 heavy (non-hydrogen) atoms. The van der Waals surface area contributed by atoms with Gasteiger partial charge in [0.1, 0.15) is 24.1 Å². The Morgan fingerprint density at radius 3 is 2.96 bits per heavy atom. The van der Waals surface area contributed by atoms with Crippen LogP contribution in [0.5, 0.6) is 6.01 Å². The van der Waals surface area contributed by atoms with Crippen molar-refractivity contribution in [3.63, 3.8) is 0 Å². The van der Waals surface area contributed by atoms with Crippen LogP contribution in [0.4, 0.5) is 4.39 Å². The van der Waals surface area contributed by atoms with Gasteiger partial charge >= 0.3 is 6.01 Å². The van der Waals surface area contributed by atoms with Crippen molar-refractivity contribution in [1.82, 2.24) is 19.9 Å². The van der Waals surface area contributed by atoms with Crippen molar-refractivity contribution in [2.24, 2.45) is 0 Å². The number of carbonyl (C=O) groups excluding carboxylic acids is 1. The Morgan fingerprint density at radius 1 is 1.39 bits per heavy atom. The van der Waals surface area contributed by atoms with Gasteiger partial charge in [0, 0.05) is 24.7 Å². The van der Waals surface area contributed by atoms with Crippen LogP contribution in [0.2, 0.25) is 0 Å². The minimum absolute atomic E-state index is 0.130. The fraction of sp³-hybridized carbons (Fsp3) is 0.300. The molecule has 0 unspecified atom stereocenters. The third kappa shape index (κ3) is 3.27. The summed E-state index contributed by atoms with van der Waals surface area (Å²) in [6.07, 6.45) is 3.01. The number of carbonyl (C=O) groups is 1. The second-order valence-corrected chi connectivity index (χ2v) is 6.68. The molecule has 142 valence electrons. The lowest BCUT2D eigenvalue weighted by Gasteiger charge is -2.15. The van der Waals surface area contributed by atoms with E-state index in [0.29, 0.717) is 46.4 Å². The summed E-state index contributed by atoms with van der Waals surface area (Å²) in [5.74, 6) is -0.210. The Hall–Kier alpha value is -3.47. The predicted octanol–water partition coefficient (Wildman–Crippen LogP) is 2.95. The lowest BCUT2D eigenvalue weighted by molar-refractivity contribution is -0.128. The van der Waals surface area contributed by atoms with Crippen molar-refractivity contribution in [2.45, 2.75) is 19.8 Å². The highest BCUT2D eigenvalue weighted by Crippen LogP contribution is 2.32. The number of H-pyrrole nitrogens is 1. The fourth-order valence-corrected chi connectivity index (χ4v) is 3.44. The fourth-order valence-electron chi connectivity index (χ4n) is 3.44. The first kappa shape index (κ1) is 17.9. The number of ether oxygens (including phenoxy) is 1. The minimum atomic E-state index is -0.340. The molecule has 1 aromatic carbocycles. The van der Waals surface area contributed by atoms with Crippen LogP contribution in [0.1, 0.15) is 24.0 Å². The zero-order valence-corrected chi connectivity index (χ0v) is 15.3. The largest absolute Gasteiger partial charge is 0.462 e. The molecule has 3 aromatic rings. The van der Waals surface area contributed by atoms with E-state index in [4.69, 9.17) is 4.74 Å². The van der Waals surface area contributed by atoms with E-state index in [2.05, 4.69) is 21.0 Å². The summed E-state index contributed by atoms with van der Waals surface area (Å²) >= 11 is 0. The maximum atomic E-state index is 13.5. The maximum Gasteiger partial charge on any atom is 0.319 e. The van der Waals surface area contributed by atoms with Gasteiger partial charge < -0.3 is 14.6 Å². The first-order valence-corrected chi connectivity index (χ1v) is 9.03. The van der Waals surface area contributed by atoms with Gasteiger partial charge in [0.2, 0.25) is 5.91 Å². The van der Waals surface area contributed by atoms with Crippen molar-refractivity contribution >= 4 is 16.9 Å². The van der Waals surface area contributed by atoms with Crippen molar-refractivity contribution in [2.75, 3.05) is 19.7 Å². The second-order valence-electron chi connectivity index (χ2n) is 6.68. The summed E-state index contributed by atoms with van der Waals surface area (Å²) in [5.41, 5.74) is 2.77. The van der Waals surface area contributed by atoms with Crippen LogP contribution in [-0.2, 0) is 4.79 Å². The highest BCUT2D eigenvalue weighted by atomic mass is 19.1. The van der Waals surface area contributed by atoms with Crippen molar-refractivity contribution in [3.8, 4) is 23.3 Å². The molecule has 0 spiro atoms. The highest BCUT2D eigenvalue weighted by molar-refractivity contribution is 5.96. The summed E-state index contributed by atoms with van der Waals surface area (Å²) in [7, 11) is 0. The van der Waals surface area contributed by atoms with Crippen LogP contribution in [0.3, 0.4) is 0 Å².